The molecule has 2 aromatic heterocycles. The normalized spacial score (nSPS) is 12.5. The highest BCUT2D eigenvalue weighted by Crippen LogP contribution is 2.26. The molecule has 2 N–H and O–H groups in total. The summed E-state index contributed by atoms with van der Waals surface area (Å²) in [6, 6.07) is 10.5. The van der Waals surface area contributed by atoms with Crippen LogP contribution in [-0.2, 0) is 10.0 Å². The van der Waals surface area contributed by atoms with Gasteiger partial charge in [-0.05, 0) is 43.2 Å². The summed E-state index contributed by atoms with van der Waals surface area (Å²) in [6.45, 7) is 4.30. The number of methoxy groups -OCH3 is 1. The van der Waals surface area contributed by atoms with Crippen LogP contribution >= 0.6 is 11.3 Å². The summed E-state index contributed by atoms with van der Waals surface area (Å²) < 4.78 is 34.1. The van der Waals surface area contributed by atoms with Crippen LogP contribution in [0.2, 0.25) is 0 Å². The highest BCUT2D eigenvalue weighted by atomic mass is 32.2. The highest BCUT2D eigenvalue weighted by Gasteiger charge is 2.23. The zero-order valence-electron chi connectivity index (χ0n) is 17.3. The van der Waals surface area contributed by atoms with E-state index >= 15 is 0 Å². The van der Waals surface area contributed by atoms with Crippen molar-refractivity contribution in [3.8, 4) is 17.1 Å². The maximum atomic E-state index is 13.0. The van der Waals surface area contributed by atoms with Gasteiger partial charge in [0.05, 0.1) is 12.8 Å². The molecule has 0 bridgehead atoms. The number of nitrogens with zero attached hydrogens (tertiary/aromatic N) is 2. The van der Waals surface area contributed by atoms with Crippen molar-refractivity contribution in [1.82, 2.24) is 14.7 Å². The molecule has 1 atom stereocenters. The number of aromatic nitrogens is 2. The number of thiazole rings is 1. The SMILES string of the molecule is CCCC(CNc1nc(-c2ccccn2)cs1)NS(=O)(=O)c1cc(C)ccc1OC. The predicted molar refractivity (Wildman–Crippen MR) is 121 cm³/mol. The van der Waals surface area contributed by atoms with Crippen LogP contribution in [0.15, 0.2) is 52.9 Å². The Morgan fingerprint density at radius 2 is 2.03 bits per heavy atom. The Morgan fingerprint density at radius 3 is 2.73 bits per heavy atom. The van der Waals surface area contributed by atoms with E-state index in [-0.39, 0.29) is 10.9 Å². The first-order valence-electron chi connectivity index (χ1n) is 9.70. The van der Waals surface area contributed by atoms with Gasteiger partial charge in [0.25, 0.3) is 0 Å². The summed E-state index contributed by atoms with van der Waals surface area (Å²) >= 11 is 1.47. The van der Waals surface area contributed by atoms with Gasteiger partial charge in [-0.2, -0.15) is 0 Å². The van der Waals surface area contributed by atoms with Crippen molar-refractivity contribution in [1.29, 1.82) is 0 Å². The van der Waals surface area contributed by atoms with Crippen molar-refractivity contribution in [2.45, 2.75) is 37.6 Å². The summed E-state index contributed by atoms with van der Waals surface area (Å²) in [5.74, 6) is 0.330. The van der Waals surface area contributed by atoms with E-state index in [4.69, 9.17) is 4.74 Å². The van der Waals surface area contributed by atoms with Gasteiger partial charge in [-0.1, -0.05) is 25.5 Å². The summed E-state index contributed by atoms with van der Waals surface area (Å²) in [5, 5.41) is 5.91. The number of rotatable bonds is 10. The Balaban J connectivity index is 1.71. The molecule has 0 amide bonds. The second kappa shape index (κ2) is 10.0. The maximum Gasteiger partial charge on any atom is 0.244 e. The largest absolute Gasteiger partial charge is 0.495 e. The smallest absolute Gasteiger partial charge is 0.244 e. The van der Waals surface area contributed by atoms with Crippen molar-refractivity contribution < 1.29 is 13.2 Å². The topological polar surface area (TPSA) is 93.2 Å². The van der Waals surface area contributed by atoms with Gasteiger partial charge < -0.3 is 10.1 Å². The monoisotopic (exact) mass is 446 g/mol. The standard InChI is InChI=1S/C21H26N4O3S2/c1-4-7-16(25-30(26,27)20-12-15(2)9-10-19(20)28-3)13-23-21-24-18(14-29-21)17-8-5-6-11-22-17/h5-6,8-12,14,16,25H,4,7,13H2,1-3H3,(H,23,24). The second-order valence-electron chi connectivity index (χ2n) is 6.89. The van der Waals surface area contributed by atoms with Gasteiger partial charge in [-0.25, -0.2) is 18.1 Å². The zero-order chi connectivity index (χ0) is 21.6. The van der Waals surface area contributed by atoms with Crippen LogP contribution in [0.3, 0.4) is 0 Å². The molecule has 30 heavy (non-hydrogen) atoms. The minimum atomic E-state index is -3.73. The molecule has 0 fully saturated rings. The molecular weight excluding hydrogens is 420 g/mol. The number of benzene rings is 1. The molecule has 1 unspecified atom stereocenters. The van der Waals surface area contributed by atoms with Crippen molar-refractivity contribution in [3.63, 3.8) is 0 Å². The molecule has 1 aromatic carbocycles. The zero-order valence-corrected chi connectivity index (χ0v) is 18.9. The third kappa shape index (κ3) is 5.56. The molecule has 0 aliphatic rings. The molecule has 0 saturated heterocycles. The fourth-order valence-electron chi connectivity index (χ4n) is 3.03. The van der Waals surface area contributed by atoms with E-state index in [2.05, 4.69) is 20.0 Å². The molecule has 0 saturated carbocycles. The van der Waals surface area contributed by atoms with Crippen molar-refractivity contribution in [2.75, 3.05) is 19.0 Å². The lowest BCUT2D eigenvalue weighted by Crippen LogP contribution is -2.39. The van der Waals surface area contributed by atoms with Crippen LogP contribution in [0.25, 0.3) is 11.4 Å². The lowest BCUT2D eigenvalue weighted by atomic mass is 10.2. The van der Waals surface area contributed by atoms with E-state index in [9.17, 15) is 8.42 Å². The van der Waals surface area contributed by atoms with E-state index in [0.717, 1.165) is 28.5 Å². The molecule has 9 heteroatoms. The van der Waals surface area contributed by atoms with Gasteiger partial charge in [-0.3, -0.25) is 4.98 Å². The van der Waals surface area contributed by atoms with Gasteiger partial charge in [-0.15, -0.1) is 11.3 Å². The van der Waals surface area contributed by atoms with Crippen molar-refractivity contribution in [2.24, 2.45) is 0 Å². The Kier molecular flexibility index (Phi) is 7.41. The van der Waals surface area contributed by atoms with Gasteiger partial charge in [0, 0.05) is 24.2 Å². The second-order valence-corrected chi connectivity index (χ2v) is 9.44. The number of sulfonamides is 1. The van der Waals surface area contributed by atoms with Gasteiger partial charge in [0.15, 0.2) is 5.13 Å². The number of ether oxygens (including phenoxy) is 1. The number of hydrogen-bond acceptors (Lipinski definition) is 7. The number of pyridine rings is 1. The van der Waals surface area contributed by atoms with E-state index in [1.54, 1.807) is 18.3 Å². The van der Waals surface area contributed by atoms with Gasteiger partial charge in [0.1, 0.15) is 16.3 Å². The van der Waals surface area contributed by atoms with Crippen LogP contribution in [0.4, 0.5) is 5.13 Å². The Labute approximate surface area is 181 Å². The predicted octanol–water partition coefficient (Wildman–Crippen LogP) is 4.08. The van der Waals surface area contributed by atoms with Crippen LogP contribution < -0.4 is 14.8 Å². The molecule has 3 aromatic rings. The third-order valence-corrected chi connectivity index (χ3v) is 6.84. The number of nitrogens with one attached hydrogen (secondary N) is 2. The summed E-state index contributed by atoms with van der Waals surface area (Å²) in [7, 11) is -2.26. The van der Waals surface area contributed by atoms with E-state index in [1.165, 1.54) is 18.4 Å². The molecule has 0 radical (unpaired) electrons. The Hall–Kier alpha value is -2.49. The lowest BCUT2D eigenvalue weighted by Gasteiger charge is -2.19. The maximum absolute atomic E-state index is 13.0. The molecule has 0 aliphatic carbocycles. The molecule has 7 nitrogen and oxygen atoms in total. The number of hydrogen-bond donors (Lipinski definition) is 2. The molecule has 3 rings (SSSR count). The first kappa shape index (κ1) is 22.2. The molecule has 2 heterocycles. The first-order valence-corrected chi connectivity index (χ1v) is 12.1. The Morgan fingerprint density at radius 1 is 1.20 bits per heavy atom. The fraction of sp³-hybridized carbons (Fsp3) is 0.333. The van der Waals surface area contributed by atoms with Crippen LogP contribution in [0.1, 0.15) is 25.3 Å². The summed E-state index contributed by atoms with van der Waals surface area (Å²) in [6.07, 6.45) is 3.27. The lowest BCUT2D eigenvalue weighted by molar-refractivity contribution is 0.401. The summed E-state index contributed by atoms with van der Waals surface area (Å²) in [4.78, 5) is 9.01. The quantitative estimate of drug-likeness (QED) is 0.487. The number of anilines is 1. The van der Waals surface area contributed by atoms with E-state index in [1.807, 2.05) is 43.5 Å². The van der Waals surface area contributed by atoms with Crippen molar-refractivity contribution in [3.05, 3.63) is 53.5 Å². The van der Waals surface area contributed by atoms with Crippen LogP contribution in [0, 0.1) is 6.92 Å². The van der Waals surface area contributed by atoms with E-state index < -0.39 is 10.0 Å². The minimum Gasteiger partial charge on any atom is -0.495 e. The summed E-state index contributed by atoms with van der Waals surface area (Å²) in [5.41, 5.74) is 2.45. The average molecular weight is 447 g/mol. The van der Waals surface area contributed by atoms with Gasteiger partial charge in [0.2, 0.25) is 10.0 Å². The van der Waals surface area contributed by atoms with E-state index in [0.29, 0.717) is 18.7 Å². The van der Waals surface area contributed by atoms with Crippen LogP contribution in [0.5, 0.6) is 5.75 Å². The molecule has 160 valence electrons. The molecule has 0 spiro atoms. The fourth-order valence-corrected chi connectivity index (χ4v) is 5.26. The number of aryl methyl sites for hydroxylation is 1. The van der Waals surface area contributed by atoms with Gasteiger partial charge >= 0.3 is 0 Å². The molecule has 0 aliphatic heterocycles. The van der Waals surface area contributed by atoms with Crippen molar-refractivity contribution >= 4 is 26.5 Å². The molecular formula is C21H26N4O3S2. The third-order valence-electron chi connectivity index (χ3n) is 4.50. The first-order chi connectivity index (χ1) is 14.4. The Bertz CT molecular complexity index is 1070. The minimum absolute atomic E-state index is 0.151. The highest BCUT2D eigenvalue weighted by molar-refractivity contribution is 7.89. The van der Waals surface area contributed by atoms with Crippen LogP contribution in [-0.4, -0.2) is 38.1 Å². The average Bonchev–Trinajstić information content (AvgIpc) is 3.22.